The van der Waals surface area contributed by atoms with Crippen LogP contribution in [0, 0.1) is 5.82 Å². The molecule has 1 N–H and O–H groups in total. The van der Waals surface area contributed by atoms with E-state index in [0.29, 0.717) is 43.9 Å². The van der Waals surface area contributed by atoms with Gasteiger partial charge in [0.1, 0.15) is 12.1 Å². The van der Waals surface area contributed by atoms with E-state index in [9.17, 15) is 14.0 Å². The van der Waals surface area contributed by atoms with Crippen LogP contribution < -0.4 is 5.32 Å². The number of hydrogen-bond donors (Lipinski definition) is 1. The molecule has 0 spiro atoms. The van der Waals surface area contributed by atoms with Gasteiger partial charge in [0.05, 0.1) is 5.56 Å². The van der Waals surface area contributed by atoms with Crippen LogP contribution >= 0.6 is 0 Å². The molecular weight excluding hydrogens is 325 g/mol. The van der Waals surface area contributed by atoms with Gasteiger partial charge in [0.25, 0.3) is 11.8 Å². The Morgan fingerprint density at radius 2 is 2.04 bits per heavy atom. The summed E-state index contributed by atoms with van der Waals surface area (Å²) in [5.74, 6) is -0.588. The first-order chi connectivity index (χ1) is 12.1. The Morgan fingerprint density at radius 3 is 2.68 bits per heavy atom. The average molecular weight is 345 g/mol. The molecule has 0 atom stereocenters. The van der Waals surface area contributed by atoms with Crippen molar-refractivity contribution in [1.29, 1.82) is 0 Å². The molecule has 1 aliphatic rings. The number of carbonyl (C=O) groups is 2. The summed E-state index contributed by atoms with van der Waals surface area (Å²) in [6.07, 6.45) is 3.25. The summed E-state index contributed by atoms with van der Waals surface area (Å²) in [5.41, 5.74) is 0.349. The van der Waals surface area contributed by atoms with Crippen molar-refractivity contribution in [3.63, 3.8) is 0 Å². The van der Waals surface area contributed by atoms with Gasteiger partial charge >= 0.3 is 0 Å². The third-order valence-corrected chi connectivity index (χ3v) is 4.31. The number of amides is 2. The fourth-order valence-electron chi connectivity index (χ4n) is 2.87. The summed E-state index contributed by atoms with van der Waals surface area (Å²) in [6.45, 7) is 2.93. The first-order valence-corrected chi connectivity index (χ1v) is 8.37. The lowest BCUT2D eigenvalue weighted by molar-refractivity contribution is 0.0692. The van der Waals surface area contributed by atoms with Crippen LogP contribution in [-0.4, -0.2) is 40.8 Å². The third kappa shape index (κ3) is 3.87. The van der Waals surface area contributed by atoms with Crippen LogP contribution in [-0.2, 0) is 6.42 Å². The predicted octanol–water partition coefficient (Wildman–Crippen LogP) is 2.41. The monoisotopic (exact) mass is 345 g/mol. The summed E-state index contributed by atoms with van der Waals surface area (Å²) in [6, 6.07) is 5.81. The molecule has 2 aromatic rings. The zero-order chi connectivity index (χ0) is 17.8. The van der Waals surface area contributed by atoms with Gasteiger partial charge in [0, 0.05) is 25.6 Å². The van der Waals surface area contributed by atoms with Crippen molar-refractivity contribution in [2.24, 2.45) is 0 Å². The average Bonchev–Trinajstić information content (AvgIpc) is 3.11. The first-order valence-electron chi connectivity index (χ1n) is 8.37. The fourth-order valence-corrected chi connectivity index (χ4v) is 2.87. The summed E-state index contributed by atoms with van der Waals surface area (Å²) in [4.78, 5) is 30.4. The van der Waals surface area contributed by atoms with E-state index in [2.05, 4.69) is 10.3 Å². The van der Waals surface area contributed by atoms with Crippen molar-refractivity contribution in [2.45, 2.75) is 32.2 Å². The largest absolute Gasteiger partial charge is 0.448 e. The lowest BCUT2D eigenvalue weighted by Gasteiger charge is -2.32. The quantitative estimate of drug-likeness (QED) is 0.923. The Bertz CT molecular complexity index is 766. The van der Waals surface area contributed by atoms with Gasteiger partial charge in [-0.25, -0.2) is 9.37 Å². The van der Waals surface area contributed by atoms with Crippen LogP contribution in [0.2, 0.25) is 0 Å². The molecule has 25 heavy (non-hydrogen) atoms. The zero-order valence-electron chi connectivity index (χ0n) is 14.0. The molecule has 3 rings (SSSR count). The maximum Gasteiger partial charge on any atom is 0.275 e. The van der Waals surface area contributed by atoms with Crippen molar-refractivity contribution < 1.29 is 18.4 Å². The van der Waals surface area contributed by atoms with Gasteiger partial charge in [-0.1, -0.05) is 19.1 Å². The Hall–Kier alpha value is -2.70. The van der Waals surface area contributed by atoms with E-state index in [1.807, 2.05) is 6.92 Å². The van der Waals surface area contributed by atoms with E-state index < -0.39 is 11.7 Å². The highest BCUT2D eigenvalue weighted by Crippen LogP contribution is 2.15. The third-order valence-electron chi connectivity index (χ3n) is 4.31. The molecule has 2 heterocycles. The number of piperidine rings is 1. The van der Waals surface area contributed by atoms with Crippen LogP contribution in [0.1, 0.15) is 46.5 Å². The second-order valence-electron chi connectivity index (χ2n) is 6.00. The Balaban J connectivity index is 1.54. The molecule has 0 saturated carbocycles. The second-order valence-corrected chi connectivity index (χ2v) is 6.00. The minimum Gasteiger partial charge on any atom is -0.448 e. The first kappa shape index (κ1) is 17.1. The second kappa shape index (κ2) is 7.46. The Kier molecular flexibility index (Phi) is 5.11. The standard InChI is InChI=1S/C18H20FN3O3/c1-2-16-21-15(11-25-16)18(24)22-9-7-12(8-10-22)20-17(23)13-5-3-4-6-14(13)19/h3-6,11-12H,2,7-10H2,1H3,(H,20,23). The number of benzene rings is 1. The zero-order valence-corrected chi connectivity index (χ0v) is 14.0. The Morgan fingerprint density at radius 1 is 1.32 bits per heavy atom. The van der Waals surface area contributed by atoms with Gasteiger partial charge in [-0.2, -0.15) is 0 Å². The highest BCUT2D eigenvalue weighted by molar-refractivity contribution is 5.94. The number of halogens is 1. The molecule has 2 amide bonds. The molecule has 7 heteroatoms. The minimum atomic E-state index is -0.537. The molecular formula is C18H20FN3O3. The number of nitrogens with one attached hydrogen (secondary N) is 1. The molecule has 0 unspecified atom stereocenters. The van der Waals surface area contributed by atoms with E-state index in [1.165, 1.54) is 18.4 Å². The molecule has 0 radical (unpaired) electrons. The van der Waals surface area contributed by atoms with Gasteiger partial charge in [-0.3, -0.25) is 9.59 Å². The van der Waals surface area contributed by atoms with Crippen molar-refractivity contribution >= 4 is 11.8 Å². The van der Waals surface area contributed by atoms with Gasteiger partial charge in [-0.05, 0) is 25.0 Å². The number of aryl methyl sites for hydroxylation is 1. The molecule has 132 valence electrons. The molecule has 1 fully saturated rings. The smallest absolute Gasteiger partial charge is 0.275 e. The lowest BCUT2D eigenvalue weighted by Crippen LogP contribution is -2.46. The van der Waals surface area contributed by atoms with Crippen molar-refractivity contribution in [3.8, 4) is 0 Å². The number of likely N-dealkylation sites (tertiary alicyclic amines) is 1. The Labute approximate surface area is 145 Å². The molecule has 0 aliphatic carbocycles. The van der Waals surface area contributed by atoms with E-state index >= 15 is 0 Å². The lowest BCUT2D eigenvalue weighted by atomic mass is 10.0. The summed E-state index contributed by atoms with van der Waals surface area (Å²) < 4.78 is 18.9. The number of rotatable bonds is 4. The number of oxazole rings is 1. The molecule has 6 nitrogen and oxygen atoms in total. The van der Waals surface area contributed by atoms with E-state index in [1.54, 1.807) is 17.0 Å². The van der Waals surface area contributed by atoms with Crippen LogP contribution in [0.3, 0.4) is 0 Å². The number of aromatic nitrogens is 1. The topological polar surface area (TPSA) is 75.4 Å². The molecule has 1 aromatic heterocycles. The van der Waals surface area contributed by atoms with Gasteiger partial charge in [0.15, 0.2) is 11.6 Å². The summed E-state index contributed by atoms with van der Waals surface area (Å²) >= 11 is 0. The SMILES string of the molecule is CCc1nc(C(=O)N2CCC(NC(=O)c3ccccc3F)CC2)co1. The van der Waals surface area contributed by atoms with Crippen molar-refractivity contribution in [2.75, 3.05) is 13.1 Å². The minimum absolute atomic E-state index is 0.0377. The molecule has 1 aromatic carbocycles. The van der Waals surface area contributed by atoms with Crippen LogP contribution in [0.5, 0.6) is 0 Å². The number of nitrogens with zero attached hydrogens (tertiary/aromatic N) is 2. The highest BCUT2D eigenvalue weighted by Gasteiger charge is 2.26. The maximum atomic E-state index is 13.7. The number of carbonyl (C=O) groups excluding carboxylic acids is 2. The van der Waals surface area contributed by atoms with E-state index in [4.69, 9.17) is 4.42 Å². The number of hydrogen-bond acceptors (Lipinski definition) is 4. The van der Waals surface area contributed by atoms with Crippen molar-refractivity contribution in [3.05, 3.63) is 53.5 Å². The van der Waals surface area contributed by atoms with Gasteiger partial charge in [-0.15, -0.1) is 0 Å². The van der Waals surface area contributed by atoms with Crippen LogP contribution in [0.15, 0.2) is 34.9 Å². The van der Waals surface area contributed by atoms with Gasteiger partial charge < -0.3 is 14.6 Å². The molecule has 1 saturated heterocycles. The fraction of sp³-hybridized carbons (Fsp3) is 0.389. The van der Waals surface area contributed by atoms with Gasteiger partial charge in [0.2, 0.25) is 0 Å². The van der Waals surface area contributed by atoms with Crippen molar-refractivity contribution in [1.82, 2.24) is 15.2 Å². The van der Waals surface area contributed by atoms with E-state index in [0.717, 1.165) is 0 Å². The maximum absolute atomic E-state index is 13.7. The van der Waals surface area contributed by atoms with E-state index in [-0.39, 0.29) is 17.5 Å². The normalized spacial score (nSPS) is 15.2. The van der Waals surface area contributed by atoms with Crippen LogP contribution in [0.25, 0.3) is 0 Å². The molecule has 0 bridgehead atoms. The summed E-state index contributed by atoms with van der Waals surface area (Å²) in [7, 11) is 0. The summed E-state index contributed by atoms with van der Waals surface area (Å²) in [5, 5.41) is 2.84. The van der Waals surface area contributed by atoms with Crippen LogP contribution in [0.4, 0.5) is 4.39 Å². The highest BCUT2D eigenvalue weighted by atomic mass is 19.1. The molecule has 1 aliphatic heterocycles. The predicted molar refractivity (Wildman–Crippen MR) is 88.7 cm³/mol.